The standard InChI is InChI=1S/C23H35N5O3S/c1-15-19-14-20(32-22(19)28(26-15)18-6-4-3-5-7-18)21(30)24-16-8-10-17(11-9-16)25-23(31)27(2)12-13-29/h14,16-18,29H,3-13H2,1-2H3,(H,24,30)(H,25,31)/t16-,17-. The summed E-state index contributed by atoms with van der Waals surface area (Å²) in [6.45, 7) is 2.31. The Bertz CT molecular complexity index is 941. The molecule has 32 heavy (non-hydrogen) atoms. The van der Waals surface area contributed by atoms with Gasteiger partial charge in [-0.1, -0.05) is 19.3 Å². The first kappa shape index (κ1) is 23.0. The summed E-state index contributed by atoms with van der Waals surface area (Å²) >= 11 is 1.56. The molecule has 0 bridgehead atoms. The molecule has 2 aromatic rings. The van der Waals surface area contributed by atoms with Crippen molar-refractivity contribution in [2.75, 3.05) is 20.2 Å². The number of likely N-dealkylation sites (N-methyl/N-ethyl adjacent to an activating group) is 1. The molecule has 2 aromatic heterocycles. The topological polar surface area (TPSA) is 99.5 Å². The minimum absolute atomic E-state index is 0.00374. The van der Waals surface area contributed by atoms with Crippen molar-refractivity contribution in [3.05, 3.63) is 16.6 Å². The van der Waals surface area contributed by atoms with Crippen molar-refractivity contribution >= 4 is 33.5 Å². The Morgan fingerprint density at radius 2 is 1.78 bits per heavy atom. The van der Waals surface area contributed by atoms with Crippen molar-refractivity contribution in [2.45, 2.75) is 82.8 Å². The fourth-order valence-electron chi connectivity index (χ4n) is 4.93. The Labute approximate surface area is 193 Å². The van der Waals surface area contributed by atoms with Crippen LogP contribution in [-0.4, -0.2) is 64.0 Å². The minimum atomic E-state index is -0.154. The predicted octanol–water partition coefficient (Wildman–Crippen LogP) is 3.59. The molecule has 2 heterocycles. The summed E-state index contributed by atoms with van der Waals surface area (Å²) in [6, 6.07) is 2.55. The Balaban J connectivity index is 1.33. The van der Waals surface area contributed by atoms with Gasteiger partial charge in [-0.05, 0) is 51.5 Å². The average molecular weight is 462 g/mol. The zero-order valence-electron chi connectivity index (χ0n) is 19.1. The van der Waals surface area contributed by atoms with Gasteiger partial charge < -0.3 is 20.6 Å². The maximum absolute atomic E-state index is 13.0. The van der Waals surface area contributed by atoms with Crippen LogP contribution in [0.5, 0.6) is 0 Å². The number of hydrogen-bond donors (Lipinski definition) is 3. The molecule has 3 amide bonds. The first-order valence-electron chi connectivity index (χ1n) is 11.9. The van der Waals surface area contributed by atoms with Gasteiger partial charge in [0.25, 0.3) is 5.91 Å². The molecule has 0 saturated heterocycles. The van der Waals surface area contributed by atoms with Gasteiger partial charge in [0, 0.05) is 31.1 Å². The lowest BCUT2D eigenvalue weighted by Crippen LogP contribution is -2.47. The lowest BCUT2D eigenvalue weighted by Gasteiger charge is -2.30. The van der Waals surface area contributed by atoms with E-state index in [4.69, 9.17) is 10.2 Å². The summed E-state index contributed by atoms with van der Waals surface area (Å²) in [7, 11) is 1.68. The second-order valence-corrected chi connectivity index (χ2v) is 10.3. The Morgan fingerprint density at radius 3 is 2.44 bits per heavy atom. The molecular formula is C23H35N5O3S. The molecule has 2 fully saturated rings. The van der Waals surface area contributed by atoms with E-state index in [0.29, 0.717) is 12.6 Å². The van der Waals surface area contributed by atoms with Gasteiger partial charge in [0.05, 0.1) is 23.2 Å². The number of nitrogens with zero attached hydrogens (tertiary/aromatic N) is 3. The molecule has 4 rings (SSSR count). The van der Waals surface area contributed by atoms with Crippen molar-refractivity contribution in [3.63, 3.8) is 0 Å². The van der Waals surface area contributed by atoms with Gasteiger partial charge in [-0.15, -0.1) is 11.3 Å². The molecule has 2 saturated carbocycles. The van der Waals surface area contributed by atoms with Gasteiger partial charge in [0.1, 0.15) is 4.83 Å². The number of aryl methyl sites for hydroxylation is 1. The van der Waals surface area contributed by atoms with E-state index in [-0.39, 0.29) is 30.6 Å². The fourth-order valence-corrected chi connectivity index (χ4v) is 6.07. The van der Waals surface area contributed by atoms with Crippen LogP contribution in [0.3, 0.4) is 0 Å². The molecule has 0 spiro atoms. The number of carbonyl (C=O) groups is 2. The first-order valence-corrected chi connectivity index (χ1v) is 12.7. The fraction of sp³-hybridized carbons (Fsp3) is 0.696. The second kappa shape index (κ2) is 10.2. The van der Waals surface area contributed by atoms with Crippen LogP contribution < -0.4 is 10.6 Å². The molecule has 0 radical (unpaired) electrons. The second-order valence-electron chi connectivity index (χ2n) is 9.27. The zero-order chi connectivity index (χ0) is 22.7. The van der Waals surface area contributed by atoms with E-state index in [9.17, 15) is 9.59 Å². The highest BCUT2D eigenvalue weighted by molar-refractivity contribution is 7.20. The molecule has 0 aliphatic heterocycles. The number of amides is 3. The highest BCUT2D eigenvalue weighted by Gasteiger charge is 2.26. The molecule has 2 aliphatic rings. The van der Waals surface area contributed by atoms with E-state index in [0.717, 1.165) is 46.5 Å². The van der Waals surface area contributed by atoms with Crippen molar-refractivity contribution in [1.82, 2.24) is 25.3 Å². The van der Waals surface area contributed by atoms with Crippen LogP contribution in [0, 0.1) is 6.92 Å². The van der Waals surface area contributed by atoms with E-state index < -0.39 is 0 Å². The Hall–Kier alpha value is -2.13. The summed E-state index contributed by atoms with van der Waals surface area (Å²) in [6.07, 6.45) is 9.53. The lowest BCUT2D eigenvalue weighted by molar-refractivity contribution is 0.0928. The summed E-state index contributed by atoms with van der Waals surface area (Å²) in [5.41, 5.74) is 1.00. The van der Waals surface area contributed by atoms with E-state index >= 15 is 0 Å². The van der Waals surface area contributed by atoms with Gasteiger partial charge in [-0.2, -0.15) is 5.10 Å². The molecule has 9 heteroatoms. The molecule has 8 nitrogen and oxygen atoms in total. The van der Waals surface area contributed by atoms with Crippen molar-refractivity contribution in [2.24, 2.45) is 0 Å². The summed E-state index contributed by atoms with van der Waals surface area (Å²) in [5, 5.41) is 21.1. The van der Waals surface area contributed by atoms with Crippen LogP contribution in [0.15, 0.2) is 6.07 Å². The number of rotatable bonds is 6. The van der Waals surface area contributed by atoms with Crippen molar-refractivity contribution < 1.29 is 14.7 Å². The third-order valence-electron chi connectivity index (χ3n) is 6.88. The summed E-state index contributed by atoms with van der Waals surface area (Å²) in [5.74, 6) is -0.00374. The summed E-state index contributed by atoms with van der Waals surface area (Å²) in [4.78, 5) is 28.4. The smallest absolute Gasteiger partial charge is 0.317 e. The maximum atomic E-state index is 13.0. The highest BCUT2D eigenvalue weighted by Crippen LogP contribution is 2.35. The van der Waals surface area contributed by atoms with E-state index in [1.807, 2.05) is 13.0 Å². The van der Waals surface area contributed by atoms with Crippen molar-refractivity contribution in [3.8, 4) is 0 Å². The van der Waals surface area contributed by atoms with Crippen LogP contribution in [-0.2, 0) is 0 Å². The zero-order valence-corrected chi connectivity index (χ0v) is 19.9. The molecule has 0 unspecified atom stereocenters. The van der Waals surface area contributed by atoms with Crippen LogP contribution in [0.2, 0.25) is 0 Å². The lowest BCUT2D eigenvalue weighted by atomic mass is 9.91. The number of aromatic nitrogens is 2. The van der Waals surface area contributed by atoms with Crippen molar-refractivity contribution in [1.29, 1.82) is 0 Å². The monoisotopic (exact) mass is 461 g/mol. The van der Waals surface area contributed by atoms with Crippen LogP contribution in [0.25, 0.3) is 10.2 Å². The van der Waals surface area contributed by atoms with Gasteiger partial charge in [0.15, 0.2) is 0 Å². The molecular weight excluding hydrogens is 426 g/mol. The third kappa shape index (κ3) is 5.09. The number of fused-ring (bicyclic) bond motifs is 1. The van der Waals surface area contributed by atoms with Crippen LogP contribution in [0.4, 0.5) is 4.79 Å². The van der Waals surface area contributed by atoms with E-state index in [2.05, 4.69) is 15.3 Å². The van der Waals surface area contributed by atoms with E-state index in [1.165, 1.54) is 37.0 Å². The molecule has 3 N–H and O–H groups in total. The number of aliphatic hydroxyl groups is 1. The van der Waals surface area contributed by atoms with Gasteiger partial charge in [0.2, 0.25) is 0 Å². The Morgan fingerprint density at radius 1 is 1.12 bits per heavy atom. The van der Waals surface area contributed by atoms with Gasteiger partial charge >= 0.3 is 6.03 Å². The largest absolute Gasteiger partial charge is 0.395 e. The van der Waals surface area contributed by atoms with Crippen LogP contribution >= 0.6 is 11.3 Å². The maximum Gasteiger partial charge on any atom is 0.317 e. The Kier molecular flexibility index (Phi) is 7.35. The minimum Gasteiger partial charge on any atom is -0.395 e. The molecule has 0 aromatic carbocycles. The first-order chi connectivity index (χ1) is 15.5. The number of urea groups is 1. The number of nitrogens with one attached hydrogen (secondary N) is 2. The van der Waals surface area contributed by atoms with Gasteiger partial charge in [-0.3, -0.25) is 9.48 Å². The average Bonchev–Trinajstić information content (AvgIpc) is 3.36. The molecule has 176 valence electrons. The number of thiophene rings is 1. The molecule has 0 atom stereocenters. The normalized spacial score (nSPS) is 22.1. The van der Waals surface area contributed by atoms with Gasteiger partial charge in [-0.25, -0.2) is 4.79 Å². The highest BCUT2D eigenvalue weighted by atomic mass is 32.1. The summed E-state index contributed by atoms with van der Waals surface area (Å²) < 4.78 is 2.17. The number of aliphatic hydroxyl groups excluding tert-OH is 1. The SMILES string of the molecule is Cc1nn(C2CCCCC2)c2sc(C(=O)N[C@H]3CC[C@H](NC(=O)N(C)CCO)CC3)cc12. The van der Waals surface area contributed by atoms with E-state index in [1.54, 1.807) is 18.4 Å². The third-order valence-corrected chi connectivity index (χ3v) is 8.01. The predicted molar refractivity (Wildman–Crippen MR) is 126 cm³/mol. The number of hydrogen-bond acceptors (Lipinski definition) is 5. The quantitative estimate of drug-likeness (QED) is 0.612. The van der Waals surface area contributed by atoms with Crippen LogP contribution in [0.1, 0.15) is 79.2 Å². The number of carbonyl (C=O) groups excluding carboxylic acids is 2. The molecule has 2 aliphatic carbocycles.